The van der Waals surface area contributed by atoms with E-state index in [0.717, 1.165) is 0 Å². The van der Waals surface area contributed by atoms with Crippen LogP contribution < -0.4 is 5.32 Å². The van der Waals surface area contributed by atoms with Gasteiger partial charge < -0.3 is 5.32 Å². The lowest BCUT2D eigenvalue weighted by atomic mass is 10.1. The minimum absolute atomic E-state index is 0.0568. The predicted octanol–water partition coefficient (Wildman–Crippen LogP) is 1.27. The van der Waals surface area contributed by atoms with E-state index in [1.54, 1.807) is 0 Å². The van der Waals surface area contributed by atoms with Crippen LogP contribution >= 0.6 is 0 Å². The van der Waals surface area contributed by atoms with Gasteiger partial charge in [-0.05, 0) is 12.8 Å². The highest BCUT2D eigenvalue weighted by Gasteiger charge is 1.99. The van der Waals surface area contributed by atoms with Gasteiger partial charge in [0.2, 0.25) is 5.91 Å². The van der Waals surface area contributed by atoms with Crippen LogP contribution in [0.1, 0.15) is 40.9 Å². The first-order chi connectivity index (χ1) is 6.16. The molecule has 0 fully saturated rings. The Morgan fingerprint density at radius 3 is 2.75 bits per heavy atom. The van der Waals surface area contributed by atoms with Gasteiger partial charge in [-0.25, -0.2) is 0 Å². The lowest BCUT2D eigenvalue weighted by Gasteiger charge is -2.00. The number of carbonyl (C=O) groups excluding carboxylic acids is 2. The van der Waals surface area contributed by atoms with Crippen molar-refractivity contribution < 1.29 is 11.0 Å². The Labute approximate surface area is 74.9 Å². The Bertz CT molecular complexity index is 171. The third-order valence-corrected chi connectivity index (χ3v) is 1.46. The van der Waals surface area contributed by atoms with Crippen LogP contribution in [-0.2, 0) is 9.59 Å². The zero-order valence-corrected chi connectivity index (χ0v) is 7.56. The Balaban J connectivity index is 3.22. The maximum absolute atomic E-state index is 11.1. The van der Waals surface area contributed by atoms with Crippen molar-refractivity contribution in [3.8, 4) is 0 Å². The standard InChI is InChI=1S/C9H17NO2/c1-3-5-9(12)6-4-7-10-8(2)11/h3-7H2,1-2H3,(H,10,11)/i1D. The molecule has 0 aromatic rings. The highest BCUT2D eigenvalue weighted by molar-refractivity contribution is 5.78. The second kappa shape index (κ2) is 6.83. The van der Waals surface area contributed by atoms with Crippen molar-refractivity contribution in [2.45, 2.75) is 39.5 Å². The van der Waals surface area contributed by atoms with Crippen LogP contribution in [0.2, 0.25) is 0 Å². The number of hydrogen-bond donors (Lipinski definition) is 1. The lowest BCUT2D eigenvalue weighted by molar-refractivity contribution is -0.120. The predicted molar refractivity (Wildman–Crippen MR) is 47.8 cm³/mol. The molecule has 0 unspecified atom stereocenters. The summed E-state index contributed by atoms with van der Waals surface area (Å²) in [6.45, 7) is 2.35. The molecule has 70 valence electrons. The number of carbonyl (C=O) groups is 2. The van der Waals surface area contributed by atoms with Crippen molar-refractivity contribution in [3.63, 3.8) is 0 Å². The second-order valence-electron chi connectivity index (χ2n) is 2.73. The van der Waals surface area contributed by atoms with Gasteiger partial charge in [0.05, 0.1) is 0 Å². The van der Waals surface area contributed by atoms with E-state index in [4.69, 9.17) is 1.37 Å². The van der Waals surface area contributed by atoms with Gasteiger partial charge in [-0.15, -0.1) is 0 Å². The highest BCUT2D eigenvalue weighted by Crippen LogP contribution is 1.96. The SMILES string of the molecule is [2H]CCCC(=O)CCCNC(C)=O. The highest BCUT2D eigenvalue weighted by atomic mass is 16.1. The molecule has 0 spiro atoms. The zero-order chi connectivity index (χ0) is 10.1. The summed E-state index contributed by atoms with van der Waals surface area (Å²) in [6, 6.07) is 0. The van der Waals surface area contributed by atoms with Crippen LogP contribution in [0.3, 0.4) is 0 Å². The first-order valence-electron chi connectivity index (χ1n) is 4.93. The van der Waals surface area contributed by atoms with Crippen molar-refractivity contribution in [1.82, 2.24) is 5.32 Å². The van der Waals surface area contributed by atoms with Gasteiger partial charge in [-0.1, -0.05) is 6.90 Å². The van der Waals surface area contributed by atoms with Gasteiger partial charge in [0.25, 0.3) is 0 Å². The summed E-state index contributed by atoms with van der Waals surface area (Å²) in [5.41, 5.74) is 0. The molecule has 12 heavy (non-hydrogen) atoms. The van der Waals surface area contributed by atoms with Gasteiger partial charge >= 0.3 is 0 Å². The Morgan fingerprint density at radius 2 is 2.17 bits per heavy atom. The monoisotopic (exact) mass is 172 g/mol. The van der Waals surface area contributed by atoms with Crippen LogP contribution in [0.5, 0.6) is 0 Å². The van der Waals surface area contributed by atoms with E-state index in [1.165, 1.54) is 6.92 Å². The zero-order valence-electron chi connectivity index (χ0n) is 8.56. The molecule has 0 saturated carbocycles. The Morgan fingerprint density at radius 1 is 1.42 bits per heavy atom. The summed E-state index contributed by atoms with van der Waals surface area (Å²) in [7, 11) is 0. The van der Waals surface area contributed by atoms with E-state index in [-0.39, 0.29) is 11.7 Å². The van der Waals surface area contributed by atoms with Crippen LogP contribution in [-0.4, -0.2) is 18.2 Å². The molecule has 0 saturated heterocycles. The van der Waals surface area contributed by atoms with E-state index in [0.29, 0.717) is 39.1 Å². The van der Waals surface area contributed by atoms with E-state index in [9.17, 15) is 9.59 Å². The fourth-order valence-corrected chi connectivity index (χ4v) is 0.872. The number of ketones is 1. The van der Waals surface area contributed by atoms with E-state index in [1.807, 2.05) is 0 Å². The second-order valence-corrected chi connectivity index (χ2v) is 2.73. The van der Waals surface area contributed by atoms with Crippen molar-refractivity contribution in [3.05, 3.63) is 0 Å². The van der Waals surface area contributed by atoms with E-state index in [2.05, 4.69) is 5.32 Å². The molecule has 0 atom stereocenters. The molecule has 0 heterocycles. The molecule has 1 amide bonds. The largest absolute Gasteiger partial charge is 0.356 e. The number of amides is 1. The van der Waals surface area contributed by atoms with Crippen molar-refractivity contribution in [2.24, 2.45) is 0 Å². The van der Waals surface area contributed by atoms with Gasteiger partial charge in [-0.3, -0.25) is 9.59 Å². The van der Waals surface area contributed by atoms with E-state index >= 15 is 0 Å². The van der Waals surface area contributed by atoms with Crippen LogP contribution in [0.25, 0.3) is 0 Å². The minimum atomic E-state index is -0.0568. The summed E-state index contributed by atoms with van der Waals surface area (Å²) >= 11 is 0. The summed E-state index contributed by atoms with van der Waals surface area (Å²) in [6.07, 6.45) is 2.37. The average molecular weight is 172 g/mol. The number of rotatable bonds is 6. The summed E-state index contributed by atoms with van der Waals surface area (Å²) in [5.74, 6) is 0.135. The normalized spacial score (nSPS) is 10.6. The molecular formula is C9H17NO2. The summed E-state index contributed by atoms with van der Waals surface area (Å²) in [4.78, 5) is 21.5. The molecular weight excluding hydrogens is 154 g/mol. The topological polar surface area (TPSA) is 46.2 Å². The summed E-state index contributed by atoms with van der Waals surface area (Å²) < 4.78 is 6.86. The minimum Gasteiger partial charge on any atom is -0.356 e. The lowest BCUT2D eigenvalue weighted by Crippen LogP contribution is -2.21. The number of nitrogens with one attached hydrogen (secondary N) is 1. The third kappa shape index (κ3) is 7.25. The molecule has 3 nitrogen and oxygen atoms in total. The Hall–Kier alpha value is -0.860. The maximum atomic E-state index is 11.1. The van der Waals surface area contributed by atoms with Gasteiger partial charge in [0.1, 0.15) is 5.78 Å². The fraction of sp³-hybridized carbons (Fsp3) is 0.778. The average Bonchev–Trinajstić information content (AvgIpc) is 2.08. The van der Waals surface area contributed by atoms with Gasteiger partial charge in [0.15, 0.2) is 0 Å². The fourth-order valence-electron chi connectivity index (χ4n) is 0.872. The van der Waals surface area contributed by atoms with Crippen molar-refractivity contribution >= 4 is 11.7 Å². The first-order valence-corrected chi connectivity index (χ1v) is 4.22. The molecule has 0 aromatic carbocycles. The molecule has 0 bridgehead atoms. The van der Waals surface area contributed by atoms with Crippen molar-refractivity contribution in [1.29, 1.82) is 0 Å². The summed E-state index contributed by atoms with van der Waals surface area (Å²) in [5, 5.41) is 2.63. The quantitative estimate of drug-likeness (QED) is 0.613. The van der Waals surface area contributed by atoms with E-state index < -0.39 is 0 Å². The molecule has 0 radical (unpaired) electrons. The number of hydrogen-bond acceptors (Lipinski definition) is 2. The van der Waals surface area contributed by atoms with Crippen LogP contribution in [0, 0.1) is 0 Å². The molecule has 0 aromatic heterocycles. The van der Waals surface area contributed by atoms with Crippen molar-refractivity contribution in [2.75, 3.05) is 6.54 Å². The van der Waals surface area contributed by atoms with Gasteiger partial charge in [-0.2, -0.15) is 0 Å². The molecule has 1 N–H and O–H groups in total. The Kier molecular flexibility index (Phi) is 5.25. The molecule has 0 aliphatic rings. The first kappa shape index (κ1) is 9.23. The third-order valence-electron chi connectivity index (χ3n) is 1.46. The number of Topliss-reactive ketones (excluding diaryl/α,β-unsaturated/α-hetero) is 1. The van der Waals surface area contributed by atoms with Crippen LogP contribution in [0.4, 0.5) is 0 Å². The molecule has 0 rings (SSSR count). The smallest absolute Gasteiger partial charge is 0.216 e. The molecule has 0 aliphatic carbocycles. The molecule has 3 heteroatoms. The van der Waals surface area contributed by atoms with Gasteiger partial charge in [0, 0.05) is 27.7 Å². The maximum Gasteiger partial charge on any atom is 0.216 e. The molecule has 0 aliphatic heterocycles. The van der Waals surface area contributed by atoms with Crippen LogP contribution in [0.15, 0.2) is 0 Å².